The number of para-hydroxylation sites is 1. The van der Waals surface area contributed by atoms with Crippen LogP contribution in [0, 0.1) is 0 Å². The summed E-state index contributed by atoms with van der Waals surface area (Å²) in [5.74, 6) is 1.31. The van der Waals surface area contributed by atoms with Gasteiger partial charge in [0.2, 0.25) is 5.91 Å². The van der Waals surface area contributed by atoms with Crippen LogP contribution in [0.2, 0.25) is 0 Å². The summed E-state index contributed by atoms with van der Waals surface area (Å²) in [4.78, 5) is 17.5. The molecule has 2 heterocycles. The SMILES string of the molecule is CC(=O)N=C1S[C@H]2CS(=O)(=O)C[C@@H]2N1c1ccc(Oc2ccccc2)cc1. The van der Waals surface area contributed by atoms with Crippen LogP contribution in [0.4, 0.5) is 5.69 Å². The molecule has 2 aliphatic heterocycles. The number of sulfone groups is 1. The van der Waals surface area contributed by atoms with Gasteiger partial charge in [0.15, 0.2) is 15.0 Å². The van der Waals surface area contributed by atoms with Crippen molar-refractivity contribution in [1.29, 1.82) is 0 Å². The molecule has 2 atom stereocenters. The number of amides is 1. The second-order valence-electron chi connectivity index (χ2n) is 6.49. The molecule has 2 aromatic rings. The zero-order valence-corrected chi connectivity index (χ0v) is 16.2. The molecule has 0 aromatic heterocycles. The molecule has 4 rings (SSSR count). The first-order valence-electron chi connectivity index (χ1n) is 8.50. The van der Waals surface area contributed by atoms with Gasteiger partial charge in [0.25, 0.3) is 0 Å². The number of thioether (sulfide) groups is 1. The largest absolute Gasteiger partial charge is 0.457 e. The van der Waals surface area contributed by atoms with Crippen molar-refractivity contribution in [2.45, 2.75) is 18.2 Å². The average molecular weight is 402 g/mol. The number of fused-ring (bicyclic) bond motifs is 1. The molecule has 0 unspecified atom stereocenters. The fraction of sp³-hybridized carbons (Fsp3) is 0.263. The number of hydrogen-bond acceptors (Lipinski definition) is 5. The Labute approximate surface area is 162 Å². The Hall–Kier alpha value is -2.32. The fourth-order valence-electron chi connectivity index (χ4n) is 3.30. The van der Waals surface area contributed by atoms with Crippen molar-refractivity contribution in [3.05, 3.63) is 54.6 Å². The Morgan fingerprint density at radius 2 is 1.74 bits per heavy atom. The summed E-state index contributed by atoms with van der Waals surface area (Å²) in [6, 6.07) is 16.6. The van der Waals surface area contributed by atoms with Gasteiger partial charge in [0, 0.05) is 17.9 Å². The van der Waals surface area contributed by atoms with Crippen molar-refractivity contribution in [2.24, 2.45) is 4.99 Å². The fourth-order valence-corrected chi connectivity index (χ4v) is 7.26. The van der Waals surface area contributed by atoms with Crippen molar-refractivity contribution in [2.75, 3.05) is 16.4 Å². The quantitative estimate of drug-likeness (QED) is 0.785. The standard InChI is InChI=1S/C19H18N2O4S2/c1-13(22)20-19-21(17-11-27(23,24)12-18(17)26-19)14-7-9-16(10-8-14)25-15-5-3-2-4-6-15/h2-10,17-18H,11-12H2,1H3/t17-,18-/m0/s1. The van der Waals surface area contributed by atoms with Crippen LogP contribution in [0.5, 0.6) is 11.5 Å². The highest BCUT2D eigenvalue weighted by Gasteiger charge is 2.49. The number of aliphatic imine (C=N–C) groups is 1. The highest BCUT2D eigenvalue weighted by molar-refractivity contribution is 8.16. The molecule has 6 nitrogen and oxygen atoms in total. The van der Waals surface area contributed by atoms with Gasteiger partial charge >= 0.3 is 0 Å². The van der Waals surface area contributed by atoms with Gasteiger partial charge in [0.05, 0.1) is 17.5 Å². The smallest absolute Gasteiger partial charge is 0.244 e. The number of ether oxygens (including phenoxy) is 1. The van der Waals surface area contributed by atoms with Gasteiger partial charge in [-0.1, -0.05) is 30.0 Å². The van der Waals surface area contributed by atoms with E-state index in [2.05, 4.69) is 4.99 Å². The maximum Gasteiger partial charge on any atom is 0.244 e. The lowest BCUT2D eigenvalue weighted by Crippen LogP contribution is -2.37. The molecule has 2 aliphatic rings. The van der Waals surface area contributed by atoms with Crippen LogP contribution in [-0.2, 0) is 14.6 Å². The number of anilines is 1. The normalized spacial score (nSPS) is 24.8. The monoisotopic (exact) mass is 402 g/mol. The van der Waals surface area contributed by atoms with E-state index in [9.17, 15) is 13.2 Å². The van der Waals surface area contributed by atoms with E-state index in [0.29, 0.717) is 10.9 Å². The molecule has 0 radical (unpaired) electrons. The van der Waals surface area contributed by atoms with Gasteiger partial charge < -0.3 is 9.64 Å². The van der Waals surface area contributed by atoms with Gasteiger partial charge in [-0.3, -0.25) is 4.79 Å². The lowest BCUT2D eigenvalue weighted by molar-refractivity contribution is -0.115. The first-order valence-corrected chi connectivity index (χ1v) is 11.2. The summed E-state index contributed by atoms with van der Waals surface area (Å²) in [5.41, 5.74) is 0.799. The molecule has 0 aliphatic carbocycles. The topological polar surface area (TPSA) is 76.0 Å². The van der Waals surface area contributed by atoms with E-state index in [1.807, 2.05) is 59.5 Å². The minimum Gasteiger partial charge on any atom is -0.457 e. The maximum atomic E-state index is 12.0. The molecule has 1 amide bonds. The predicted octanol–water partition coefficient (Wildman–Crippen LogP) is 3.10. The number of amidine groups is 1. The molecule has 0 bridgehead atoms. The minimum atomic E-state index is -3.07. The summed E-state index contributed by atoms with van der Waals surface area (Å²) >= 11 is 1.37. The van der Waals surface area contributed by atoms with E-state index >= 15 is 0 Å². The van der Waals surface area contributed by atoms with Gasteiger partial charge in [0.1, 0.15) is 11.5 Å². The Morgan fingerprint density at radius 3 is 2.41 bits per heavy atom. The van der Waals surface area contributed by atoms with Gasteiger partial charge in [-0.05, 0) is 36.4 Å². The number of carbonyl (C=O) groups is 1. The van der Waals surface area contributed by atoms with Crippen molar-refractivity contribution < 1.29 is 17.9 Å². The van der Waals surface area contributed by atoms with Crippen LogP contribution in [0.3, 0.4) is 0 Å². The van der Waals surface area contributed by atoms with Crippen LogP contribution >= 0.6 is 11.8 Å². The lowest BCUT2D eigenvalue weighted by Gasteiger charge is -2.24. The summed E-state index contributed by atoms with van der Waals surface area (Å²) in [5, 5.41) is 0.456. The third kappa shape index (κ3) is 3.86. The minimum absolute atomic E-state index is 0.0733. The van der Waals surface area contributed by atoms with E-state index in [-0.39, 0.29) is 28.7 Å². The molecule has 27 heavy (non-hydrogen) atoms. The van der Waals surface area contributed by atoms with E-state index in [1.165, 1.54) is 18.7 Å². The van der Waals surface area contributed by atoms with Crippen molar-refractivity contribution in [1.82, 2.24) is 0 Å². The first-order chi connectivity index (χ1) is 12.9. The van der Waals surface area contributed by atoms with Gasteiger partial charge in [-0.25, -0.2) is 8.42 Å². The Morgan fingerprint density at radius 1 is 1.07 bits per heavy atom. The maximum absolute atomic E-state index is 12.0. The lowest BCUT2D eigenvalue weighted by atomic mass is 10.2. The Kier molecular flexibility index (Phi) is 4.69. The molecule has 140 valence electrons. The van der Waals surface area contributed by atoms with E-state index < -0.39 is 9.84 Å². The molecule has 2 saturated heterocycles. The zero-order chi connectivity index (χ0) is 19.0. The van der Waals surface area contributed by atoms with E-state index in [4.69, 9.17) is 4.74 Å². The third-order valence-corrected chi connectivity index (χ3v) is 7.62. The molecule has 2 aromatic carbocycles. The van der Waals surface area contributed by atoms with Crippen molar-refractivity contribution in [3.63, 3.8) is 0 Å². The molecule has 0 N–H and O–H groups in total. The van der Waals surface area contributed by atoms with Crippen molar-refractivity contribution >= 4 is 38.4 Å². The molecule has 0 spiro atoms. The van der Waals surface area contributed by atoms with Gasteiger partial charge in [-0.15, -0.1) is 0 Å². The molecule has 0 saturated carbocycles. The van der Waals surface area contributed by atoms with Crippen LogP contribution in [0.1, 0.15) is 6.92 Å². The summed E-state index contributed by atoms with van der Waals surface area (Å²) in [6.45, 7) is 1.40. The molecule has 2 fully saturated rings. The van der Waals surface area contributed by atoms with Crippen LogP contribution in [0.25, 0.3) is 0 Å². The van der Waals surface area contributed by atoms with Crippen LogP contribution in [0.15, 0.2) is 59.6 Å². The predicted molar refractivity (Wildman–Crippen MR) is 107 cm³/mol. The van der Waals surface area contributed by atoms with Crippen LogP contribution in [-0.4, -0.2) is 42.3 Å². The van der Waals surface area contributed by atoms with E-state index in [1.54, 1.807) is 0 Å². The highest BCUT2D eigenvalue weighted by Crippen LogP contribution is 2.41. The Balaban J connectivity index is 1.62. The Bertz CT molecular complexity index is 988. The number of rotatable bonds is 3. The molecular weight excluding hydrogens is 384 g/mol. The number of nitrogens with zero attached hydrogens (tertiary/aromatic N) is 2. The number of benzene rings is 2. The number of hydrogen-bond donors (Lipinski definition) is 0. The van der Waals surface area contributed by atoms with Gasteiger partial charge in [-0.2, -0.15) is 4.99 Å². The first kappa shape index (κ1) is 18.1. The van der Waals surface area contributed by atoms with Crippen molar-refractivity contribution in [3.8, 4) is 11.5 Å². The second kappa shape index (κ2) is 7.01. The van der Waals surface area contributed by atoms with E-state index in [0.717, 1.165) is 11.4 Å². The molecule has 8 heteroatoms. The average Bonchev–Trinajstić information content (AvgIpc) is 3.07. The summed E-state index contributed by atoms with van der Waals surface area (Å²) in [7, 11) is -3.07. The second-order valence-corrected chi connectivity index (χ2v) is 9.85. The summed E-state index contributed by atoms with van der Waals surface area (Å²) < 4.78 is 29.9. The zero-order valence-electron chi connectivity index (χ0n) is 14.6. The number of carbonyl (C=O) groups excluding carboxylic acids is 1. The summed E-state index contributed by atoms with van der Waals surface area (Å²) in [6.07, 6.45) is 0. The highest BCUT2D eigenvalue weighted by atomic mass is 32.2. The van der Waals surface area contributed by atoms with Crippen LogP contribution < -0.4 is 9.64 Å². The molecular formula is C19H18N2O4S2. The third-order valence-electron chi connectivity index (χ3n) is 4.41.